The largest absolute Gasteiger partial charge is 0.491 e. The number of ether oxygens (including phenoxy) is 2. The topological polar surface area (TPSA) is 42.0 Å². The van der Waals surface area contributed by atoms with Crippen molar-refractivity contribution in [3.63, 3.8) is 0 Å². The van der Waals surface area contributed by atoms with Gasteiger partial charge in [-0.15, -0.1) is 0 Å². The van der Waals surface area contributed by atoms with Gasteiger partial charge >= 0.3 is 0 Å². The van der Waals surface area contributed by atoms with Crippen molar-refractivity contribution in [3.05, 3.63) is 59.1 Å². The van der Waals surface area contributed by atoms with E-state index >= 15 is 0 Å². The molecule has 5 nitrogen and oxygen atoms in total. The molecule has 2 heterocycles. The fourth-order valence-electron chi connectivity index (χ4n) is 3.64. The van der Waals surface area contributed by atoms with Crippen LogP contribution in [0.1, 0.15) is 5.56 Å². The zero-order valence-electron chi connectivity index (χ0n) is 15.1. The van der Waals surface area contributed by atoms with Crippen LogP contribution in [0, 0.1) is 0 Å². The summed E-state index contributed by atoms with van der Waals surface area (Å²) in [6.07, 6.45) is 0.873. The third kappa shape index (κ3) is 4.43. The van der Waals surface area contributed by atoms with Crippen molar-refractivity contribution in [2.75, 3.05) is 44.3 Å². The van der Waals surface area contributed by atoms with Gasteiger partial charge in [-0.2, -0.15) is 0 Å². The van der Waals surface area contributed by atoms with Gasteiger partial charge < -0.3 is 14.4 Å². The molecule has 1 fully saturated rings. The van der Waals surface area contributed by atoms with Gasteiger partial charge in [0.25, 0.3) is 0 Å². The average molecular weight is 387 g/mol. The number of hydrogen-bond donors (Lipinski definition) is 0. The van der Waals surface area contributed by atoms with Crippen LogP contribution in [0.15, 0.2) is 48.5 Å². The highest BCUT2D eigenvalue weighted by Crippen LogP contribution is 2.27. The minimum atomic E-state index is -0.0589. The van der Waals surface area contributed by atoms with E-state index in [2.05, 4.69) is 11.0 Å². The highest BCUT2D eigenvalue weighted by molar-refractivity contribution is 6.30. The SMILES string of the molecule is O=C(CN1CCO[C@@H](COc2cccc(Cl)c2)C1)N1CCc2ccccc21. The molecule has 142 valence electrons. The maximum Gasteiger partial charge on any atom is 0.241 e. The van der Waals surface area contributed by atoms with Gasteiger partial charge in [0.05, 0.1) is 13.2 Å². The van der Waals surface area contributed by atoms with Crippen molar-refractivity contribution >= 4 is 23.2 Å². The number of fused-ring (bicyclic) bond motifs is 1. The number of carbonyl (C=O) groups excluding carboxylic acids is 1. The number of hydrogen-bond acceptors (Lipinski definition) is 4. The van der Waals surface area contributed by atoms with Crippen molar-refractivity contribution in [1.29, 1.82) is 0 Å². The summed E-state index contributed by atoms with van der Waals surface area (Å²) >= 11 is 5.98. The highest BCUT2D eigenvalue weighted by atomic mass is 35.5. The zero-order chi connectivity index (χ0) is 18.6. The Bertz CT molecular complexity index is 814. The summed E-state index contributed by atoms with van der Waals surface area (Å²) in [4.78, 5) is 16.9. The van der Waals surface area contributed by atoms with Gasteiger partial charge in [-0.1, -0.05) is 35.9 Å². The van der Waals surface area contributed by atoms with Crippen molar-refractivity contribution in [2.45, 2.75) is 12.5 Å². The van der Waals surface area contributed by atoms with Gasteiger partial charge in [0, 0.05) is 30.3 Å². The molecule has 0 N–H and O–H groups in total. The lowest BCUT2D eigenvalue weighted by Crippen LogP contribution is -2.49. The molecule has 6 heteroatoms. The second kappa shape index (κ2) is 8.30. The normalized spacial score (nSPS) is 19.7. The predicted octanol–water partition coefficient (Wildman–Crippen LogP) is 3.01. The van der Waals surface area contributed by atoms with E-state index in [0.717, 1.165) is 30.9 Å². The third-order valence-corrected chi connectivity index (χ3v) is 5.24. The van der Waals surface area contributed by atoms with Crippen LogP contribution >= 0.6 is 11.6 Å². The van der Waals surface area contributed by atoms with Gasteiger partial charge in [0.15, 0.2) is 0 Å². The second-order valence-electron chi connectivity index (χ2n) is 6.92. The van der Waals surface area contributed by atoms with E-state index in [9.17, 15) is 4.79 Å². The van der Waals surface area contributed by atoms with E-state index < -0.39 is 0 Å². The molecule has 1 atom stereocenters. The van der Waals surface area contributed by atoms with Gasteiger partial charge in [-0.25, -0.2) is 0 Å². The van der Waals surface area contributed by atoms with E-state index in [1.807, 2.05) is 41.3 Å². The van der Waals surface area contributed by atoms with Crippen molar-refractivity contribution in [3.8, 4) is 5.75 Å². The molecule has 0 aromatic heterocycles. The summed E-state index contributed by atoms with van der Waals surface area (Å²) in [5, 5.41) is 0.648. The molecule has 0 saturated carbocycles. The Hall–Kier alpha value is -2.08. The quantitative estimate of drug-likeness (QED) is 0.792. The summed E-state index contributed by atoms with van der Waals surface area (Å²) < 4.78 is 11.6. The number of nitrogens with zero attached hydrogens (tertiary/aromatic N) is 2. The first-order valence-electron chi connectivity index (χ1n) is 9.29. The van der Waals surface area contributed by atoms with Gasteiger partial charge in [-0.3, -0.25) is 9.69 Å². The van der Waals surface area contributed by atoms with E-state index in [-0.39, 0.29) is 12.0 Å². The monoisotopic (exact) mass is 386 g/mol. The number of carbonyl (C=O) groups is 1. The van der Waals surface area contributed by atoms with E-state index in [1.54, 1.807) is 6.07 Å². The van der Waals surface area contributed by atoms with E-state index in [4.69, 9.17) is 21.1 Å². The molecule has 2 aliphatic rings. The van der Waals surface area contributed by atoms with Gasteiger partial charge in [-0.05, 0) is 36.2 Å². The number of halogens is 1. The summed E-state index contributed by atoms with van der Waals surface area (Å²) in [6.45, 7) is 3.66. The molecule has 0 radical (unpaired) electrons. The van der Waals surface area contributed by atoms with Crippen LogP contribution in [-0.4, -0.2) is 56.3 Å². The molecule has 27 heavy (non-hydrogen) atoms. The molecule has 0 unspecified atom stereocenters. The molecule has 0 aliphatic carbocycles. The first-order valence-corrected chi connectivity index (χ1v) is 9.67. The molecule has 0 bridgehead atoms. The molecule has 0 spiro atoms. The molecule has 1 saturated heterocycles. The summed E-state index contributed by atoms with van der Waals surface area (Å²) in [5.41, 5.74) is 2.30. The Labute approximate surface area is 164 Å². The Morgan fingerprint density at radius 3 is 2.96 bits per heavy atom. The summed E-state index contributed by atoms with van der Waals surface area (Å²) in [6, 6.07) is 15.5. The summed E-state index contributed by atoms with van der Waals surface area (Å²) in [5.74, 6) is 0.879. The Balaban J connectivity index is 1.30. The lowest BCUT2D eigenvalue weighted by atomic mass is 10.2. The zero-order valence-corrected chi connectivity index (χ0v) is 15.9. The lowest BCUT2D eigenvalue weighted by Gasteiger charge is -2.33. The van der Waals surface area contributed by atoms with Crippen LogP contribution in [0.4, 0.5) is 5.69 Å². The summed E-state index contributed by atoms with van der Waals surface area (Å²) in [7, 11) is 0. The number of rotatable bonds is 5. The molecule has 1 amide bonds. The number of anilines is 1. The number of para-hydroxylation sites is 1. The maximum absolute atomic E-state index is 12.8. The number of morpholine rings is 1. The Morgan fingerprint density at radius 2 is 2.07 bits per heavy atom. The Kier molecular flexibility index (Phi) is 5.62. The minimum absolute atomic E-state index is 0.0589. The third-order valence-electron chi connectivity index (χ3n) is 5.00. The van der Waals surface area contributed by atoms with E-state index in [0.29, 0.717) is 31.3 Å². The predicted molar refractivity (Wildman–Crippen MR) is 106 cm³/mol. The maximum atomic E-state index is 12.8. The standard InChI is InChI=1S/C21H23ClN2O3/c22-17-5-3-6-18(12-17)27-15-19-13-23(10-11-26-19)14-21(25)24-9-8-16-4-1-2-7-20(16)24/h1-7,12,19H,8-11,13-15H2/t19-/m1/s1. The second-order valence-corrected chi connectivity index (χ2v) is 7.36. The molecule has 2 aromatic rings. The number of benzene rings is 2. The van der Waals surface area contributed by atoms with Crippen LogP contribution < -0.4 is 9.64 Å². The fraction of sp³-hybridized carbons (Fsp3) is 0.381. The first-order chi connectivity index (χ1) is 13.2. The van der Waals surface area contributed by atoms with Gasteiger partial charge in [0.1, 0.15) is 18.5 Å². The van der Waals surface area contributed by atoms with Crippen molar-refractivity contribution in [1.82, 2.24) is 4.90 Å². The van der Waals surface area contributed by atoms with E-state index in [1.165, 1.54) is 5.56 Å². The number of amides is 1. The highest BCUT2D eigenvalue weighted by Gasteiger charge is 2.28. The Morgan fingerprint density at radius 1 is 1.19 bits per heavy atom. The van der Waals surface area contributed by atoms with Crippen LogP contribution in [0.2, 0.25) is 5.02 Å². The van der Waals surface area contributed by atoms with Crippen LogP contribution in [0.3, 0.4) is 0 Å². The van der Waals surface area contributed by atoms with Crippen molar-refractivity contribution < 1.29 is 14.3 Å². The van der Waals surface area contributed by atoms with Gasteiger partial charge in [0.2, 0.25) is 5.91 Å². The molecular formula is C21H23ClN2O3. The molecule has 4 rings (SSSR count). The molecular weight excluding hydrogens is 364 g/mol. The fourth-order valence-corrected chi connectivity index (χ4v) is 3.83. The first kappa shape index (κ1) is 18.3. The van der Waals surface area contributed by atoms with Crippen LogP contribution in [-0.2, 0) is 16.0 Å². The molecule has 2 aliphatic heterocycles. The van der Waals surface area contributed by atoms with Crippen LogP contribution in [0.25, 0.3) is 0 Å². The van der Waals surface area contributed by atoms with Crippen molar-refractivity contribution in [2.24, 2.45) is 0 Å². The smallest absolute Gasteiger partial charge is 0.241 e. The molecule has 2 aromatic carbocycles. The average Bonchev–Trinajstić information content (AvgIpc) is 3.11. The lowest BCUT2D eigenvalue weighted by molar-refractivity contribution is -0.122. The minimum Gasteiger partial charge on any atom is -0.491 e. The van der Waals surface area contributed by atoms with Crippen LogP contribution in [0.5, 0.6) is 5.75 Å².